The van der Waals surface area contributed by atoms with Gasteiger partial charge in [-0.25, -0.2) is 9.78 Å². The highest BCUT2D eigenvalue weighted by atomic mass is 16.5. The molecule has 0 saturated heterocycles. The summed E-state index contributed by atoms with van der Waals surface area (Å²) in [5, 5.41) is 0. The molecule has 0 aliphatic carbocycles. The van der Waals surface area contributed by atoms with Crippen molar-refractivity contribution in [2.75, 3.05) is 14.2 Å². The maximum absolute atomic E-state index is 11.0. The molecule has 0 fully saturated rings. The van der Waals surface area contributed by atoms with E-state index in [1.165, 1.54) is 19.6 Å². The fourth-order valence-corrected chi connectivity index (χ4v) is 0.837. The molecule has 12 heavy (non-hydrogen) atoms. The van der Waals surface area contributed by atoms with E-state index in [2.05, 4.69) is 9.72 Å². The standard InChI is InChI=1S/C7H10N2O3/c1-11-5-9-4-8-3-6(9)7(10)12-2/h3-4H,5H2,1-2H3. The predicted octanol–water partition coefficient (Wildman–Crippen LogP) is 0.274. The maximum atomic E-state index is 11.0. The fraction of sp³-hybridized carbons (Fsp3) is 0.429. The molecule has 0 amide bonds. The van der Waals surface area contributed by atoms with E-state index in [0.717, 1.165) is 0 Å². The van der Waals surface area contributed by atoms with Gasteiger partial charge in [0.2, 0.25) is 0 Å². The summed E-state index contributed by atoms with van der Waals surface area (Å²) in [7, 11) is 2.87. The lowest BCUT2D eigenvalue weighted by molar-refractivity contribution is 0.0567. The molecule has 0 aliphatic rings. The molecule has 0 atom stereocenters. The molecule has 1 aromatic heterocycles. The summed E-state index contributed by atoms with van der Waals surface area (Å²) >= 11 is 0. The van der Waals surface area contributed by atoms with E-state index in [1.807, 2.05) is 0 Å². The first-order chi connectivity index (χ1) is 5.79. The van der Waals surface area contributed by atoms with Crippen LogP contribution in [0.5, 0.6) is 0 Å². The van der Waals surface area contributed by atoms with Crippen molar-refractivity contribution in [2.24, 2.45) is 0 Å². The average Bonchev–Trinajstić information content (AvgIpc) is 2.52. The average molecular weight is 170 g/mol. The third kappa shape index (κ3) is 1.62. The van der Waals surface area contributed by atoms with E-state index in [9.17, 15) is 4.79 Å². The summed E-state index contributed by atoms with van der Waals surface area (Å²) in [6.07, 6.45) is 2.95. The van der Waals surface area contributed by atoms with Crippen molar-refractivity contribution in [3.8, 4) is 0 Å². The largest absolute Gasteiger partial charge is 0.464 e. The van der Waals surface area contributed by atoms with E-state index in [0.29, 0.717) is 12.4 Å². The van der Waals surface area contributed by atoms with Gasteiger partial charge in [0.1, 0.15) is 12.4 Å². The Labute approximate surface area is 69.9 Å². The molecule has 1 aromatic rings. The minimum absolute atomic E-state index is 0.296. The van der Waals surface area contributed by atoms with Crippen molar-refractivity contribution in [1.82, 2.24) is 9.55 Å². The number of rotatable bonds is 3. The first-order valence-electron chi connectivity index (χ1n) is 3.37. The molecule has 0 spiro atoms. The van der Waals surface area contributed by atoms with E-state index in [1.54, 1.807) is 11.7 Å². The topological polar surface area (TPSA) is 53.4 Å². The highest BCUT2D eigenvalue weighted by Gasteiger charge is 2.10. The van der Waals surface area contributed by atoms with Crippen molar-refractivity contribution >= 4 is 5.97 Å². The first-order valence-corrected chi connectivity index (χ1v) is 3.37. The molecule has 0 N–H and O–H groups in total. The van der Waals surface area contributed by atoms with E-state index in [-0.39, 0.29) is 0 Å². The lowest BCUT2D eigenvalue weighted by atomic mass is 10.5. The molecule has 0 unspecified atom stereocenters. The quantitative estimate of drug-likeness (QED) is 0.611. The molecule has 0 aromatic carbocycles. The Kier molecular flexibility index (Phi) is 2.82. The van der Waals surface area contributed by atoms with Crippen LogP contribution in [0.15, 0.2) is 12.5 Å². The van der Waals surface area contributed by atoms with Crippen LogP contribution in [0.25, 0.3) is 0 Å². The molecule has 1 rings (SSSR count). The number of hydrogen-bond acceptors (Lipinski definition) is 4. The lowest BCUT2D eigenvalue weighted by Gasteiger charge is -2.03. The molecule has 0 bridgehead atoms. The van der Waals surface area contributed by atoms with Gasteiger partial charge in [-0.15, -0.1) is 0 Å². The second-order valence-corrected chi connectivity index (χ2v) is 2.16. The zero-order valence-electron chi connectivity index (χ0n) is 6.98. The number of esters is 1. The van der Waals surface area contributed by atoms with Gasteiger partial charge in [0.15, 0.2) is 0 Å². The number of nitrogens with zero attached hydrogens (tertiary/aromatic N) is 2. The molecule has 1 heterocycles. The van der Waals surface area contributed by atoms with E-state index in [4.69, 9.17) is 4.74 Å². The first kappa shape index (κ1) is 8.73. The Bertz CT molecular complexity index is 269. The van der Waals surface area contributed by atoms with Gasteiger partial charge < -0.3 is 14.0 Å². The predicted molar refractivity (Wildman–Crippen MR) is 40.6 cm³/mol. The molecule has 5 heteroatoms. The number of methoxy groups -OCH3 is 2. The fourth-order valence-electron chi connectivity index (χ4n) is 0.837. The van der Waals surface area contributed by atoms with Gasteiger partial charge in [-0.05, 0) is 0 Å². The van der Waals surface area contributed by atoms with Gasteiger partial charge in [0.05, 0.1) is 19.6 Å². The van der Waals surface area contributed by atoms with Gasteiger partial charge in [-0.1, -0.05) is 0 Å². The van der Waals surface area contributed by atoms with Crippen molar-refractivity contribution in [3.63, 3.8) is 0 Å². The second-order valence-electron chi connectivity index (χ2n) is 2.16. The normalized spacial score (nSPS) is 9.83. The number of aromatic nitrogens is 2. The van der Waals surface area contributed by atoms with Crippen molar-refractivity contribution in [1.29, 1.82) is 0 Å². The molecule has 0 aliphatic heterocycles. The monoisotopic (exact) mass is 170 g/mol. The Hall–Kier alpha value is -1.36. The summed E-state index contributed by atoms with van der Waals surface area (Å²) in [6.45, 7) is 0.296. The Morgan fingerprint density at radius 1 is 1.67 bits per heavy atom. The van der Waals surface area contributed by atoms with Gasteiger partial charge in [-0.2, -0.15) is 0 Å². The maximum Gasteiger partial charge on any atom is 0.356 e. The highest BCUT2D eigenvalue weighted by Crippen LogP contribution is 2.00. The van der Waals surface area contributed by atoms with Gasteiger partial charge >= 0.3 is 5.97 Å². The molecular weight excluding hydrogens is 160 g/mol. The summed E-state index contributed by atoms with van der Waals surface area (Å²) in [6, 6.07) is 0. The van der Waals surface area contributed by atoms with Crippen LogP contribution in [-0.2, 0) is 16.2 Å². The van der Waals surface area contributed by atoms with Gasteiger partial charge in [0, 0.05) is 7.11 Å². The SMILES string of the molecule is COCn1cncc1C(=O)OC. The summed E-state index contributed by atoms with van der Waals surface area (Å²) in [5.74, 6) is -0.412. The van der Waals surface area contributed by atoms with E-state index < -0.39 is 5.97 Å². The number of ether oxygens (including phenoxy) is 2. The minimum atomic E-state index is -0.412. The van der Waals surface area contributed by atoms with Crippen LogP contribution in [0.4, 0.5) is 0 Å². The van der Waals surface area contributed by atoms with E-state index >= 15 is 0 Å². The zero-order valence-corrected chi connectivity index (χ0v) is 6.98. The molecule has 0 radical (unpaired) electrons. The van der Waals surface area contributed by atoms with Crippen LogP contribution in [0, 0.1) is 0 Å². The summed E-state index contributed by atoms with van der Waals surface area (Å²) in [5.41, 5.74) is 0.388. The third-order valence-electron chi connectivity index (χ3n) is 1.38. The van der Waals surface area contributed by atoms with Gasteiger partial charge in [0.25, 0.3) is 0 Å². The minimum Gasteiger partial charge on any atom is -0.464 e. The van der Waals surface area contributed by atoms with Crippen molar-refractivity contribution in [3.05, 3.63) is 18.2 Å². The summed E-state index contributed by atoms with van der Waals surface area (Å²) < 4.78 is 10.9. The van der Waals surface area contributed by atoms with Crippen molar-refractivity contribution in [2.45, 2.75) is 6.73 Å². The van der Waals surface area contributed by atoms with Crippen LogP contribution in [0.2, 0.25) is 0 Å². The number of imidazole rings is 1. The molecule has 5 nitrogen and oxygen atoms in total. The van der Waals surface area contributed by atoms with Crippen LogP contribution in [0.3, 0.4) is 0 Å². The Balaban J connectivity index is 2.83. The van der Waals surface area contributed by atoms with Crippen LogP contribution in [0.1, 0.15) is 10.5 Å². The zero-order chi connectivity index (χ0) is 8.97. The molecular formula is C7H10N2O3. The lowest BCUT2D eigenvalue weighted by Crippen LogP contribution is -2.10. The Morgan fingerprint density at radius 3 is 3.00 bits per heavy atom. The van der Waals surface area contributed by atoms with Crippen molar-refractivity contribution < 1.29 is 14.3 Å². The molecule has 66 valence electrons. The second kappa shape index (κ2) is 3.87. The molecule has 0 saturated carbocycles. The number of carbonyl (C=O) groups is 1. The van der Waals surface area contributed by atoms with Gasteiger partial charge in [-0.3, -0.25) is 0 Å². The Morgan fingerprint density at radius 2 is 2.42 bits per heavy atom. The smallest absolute Gasteiger partial charge is 0.356 e. The number of hydrogen-bond donors (Lipinski definition) is 0. The van der Waals surface area contributed by atoms with Crippen LogP contribution >= 0.6 is 0 Å². The number of carbonyl (C=O) groups excluding carboxylic acids is 1. The van der Waals surface area contributed by atoms with Crippen LogP contribution in [-0.4, -0.2) is 29.7 Å². The third-order valence-corrected chi connectivity index (χ3v) is 1.38. The van der Waals surface area contributed by atoms with Crippen LogP contribution < -0.4 is 0 Å². The summed E-state index contributed by atoms with van der Waals surface area (Å²) in [4.78, 5) is 14.8. The highest BCUT2D eigenvalue weighted by molar-refractivity contribution is 5.87.